The van der Waals surface area contributed by atoms with Gasteiger partial charge in [0.05, 0.1) is 11.3 Å². The molecule has 0 aromatic heterocycles. The molecule has 0 aliphatic heterocycles. The van der Waals surface area contributed by atoms with Crippen LogP contribution in [0.25, 0.3) is 10.8 Å². The van der Waals surface area contributed by atoms with Crippen molar-refractivity contribution in [3.63, 3.8) is 0 Å². The second-order valence-electron chi connectivity index (χ2n) is 12.0. The SMILES string of the molecule is N=C(N)c1ccc(CNC(=O)C(Cc2cccc(CN)c2)NC(=O)C(NS(=O)(=O)Cc2cccc(C(=O)O)c2)c2ccc3ccccc3c2)cc1. The number of rotatable bonds is 15. The Bertz CT molecular complexity index is 2190. The molecule has 0 bridgehead atoms. The van der Waals surface area contributed by atoms with Gasteiger partial charge in [0.1, 0.15) is 17.9 Å². The Kier molecular flexibility index (Phi) is 11.6. The van der Waals surface area contributed by atoms with E-state index in [9.17, 15) is 27.9 Å². The van der Waals surface area contributed by atoms with Gasteiger partial charge >= 0.3 is 5.97 Å². The molecule has 5 rings (SSSR count). The molecule has 0 saturated carbocycles. The van der Waals surface area contributed by atoms with Crippen LogP contribution in [0.2, 0.25) is 0 Å². The van der Waals surface area contributed by atoms with E-state index in [4.69, 9.17) is 16.9 Å². The summed E-state index contributed by atoms with van der Waals surface area (Å²) in [6.45, 7) is 0.386. The third-order valence-electron chi connectivity index (χ3n) is 8.23. The number of carboxylic acids is 1. The molecule has 0 spiro atoms. The highest BCUT2D eigenvalue weighted by Crippen LogP contribution is 2.23. The molecule has 5 aromatic rings. The first-order chi connectivity index (χ1) is 24.4. The average molecular weight is 707 g/mol. The minimum atomic E-state index is -4.24. The van der Waals surface area contributed by atoms with E-state index in [0.29, 0.717) is 11.1 Å². The van der Waals surface area contributed by atoms with Crippen LogP contribution in [-0.2, 0) is 44.9 Å². The van der Waals surface area contributed by atoms with Gasteiger partial charge < -0.3 is 27.2 Å². The summed E-state index contributed by atoms with van der Waals surface area (Å²) in [5.74, 6) is -3.16. The standard InChI is InChI=1S/C38H38N6O6S/c39-21-26-6-3-5-25(17-26)19-33(36(45)42-22-24-11-13-29(14-12-24)35(40)41)43-37(46)34(31-16-15-28-8-1-2-9-30(28)20-31)44-51(49,50)23-27-7-4-10-32(18-27)38(47)48/h1-18,20,33-34,44H,19,21-23,39H2,(H3,40,41)(H,42,45)(H,43,46)(H,47,48). The molecule has 13 heteroatoms. The van der Waals surface area contributed by atoms with E-state index < -0.39 is 45.6 Å². The fraction of sp³-hybridized carbons (Fsp3) is 0.158. The summed E-state index contributed by atoms with van der Waals surface area (Å²) in [6.07, 6.45) is 0.0772. The summed E-state index contributed by atoms with van der Waals surface area (Å²) in [6, 6.07) is 29.6. The Morgan fingerprint density at radius 2 is 1.41 bits per heavy atom. The topological polar surface area (TPSA) is 218 Å². The van der Waals surface area contributed by atoms with Crippen molar-refractivity contribution < 1.29 is 27.9 Å². The number of hydrogen-bond donors (Lipinski definition) is 7. The largest absolute Gasteiger partial charge is 0.478 e. The summed E-state index contributed by atoms with van der Waals surface area (Å²) in [7, 11) is -4.24. The molecule has 262 valence electrons. The molecule has 0 aliphatic rings. The summed E-state index contributed by atoms with van der Waals surface area (Å²) in [5, 5.41) is 24.3. The molecular formula is C38H38N6O6S. The zero-order valence-corrected chi connectivity index (χ0v) is 28.3. The molecule has 0 heterocycles. The second kappa shape index (κ2) is 16.2. The maximum Gasteiger partial charge on any atom is 0.335 e. The predicted molar refractivity (Wildman–Crippen MR) is 195 cm³/mol. The van der Waals surface area contributed by atoms with Gasteiger partial charge in [-0.3, -0.25) is 15.0 Å². The predicted octanol–water partition coefficient (Wildman–Crippen LogP) is 3.49. The van der Waals surface area contributed by atoms with Crippen LogP contribution in [0.1, 0.15) is 49.8 Å². The van der Waals surface area contributed by atoms with Gasteiger partial charge in [0, 0.05) is 25.1 Å². The fourth-order valence-corrected chi connectivity index (χ4v) is 6.90. The number of fused-ring (bicyclic) bond motifs is 1. The highest BCUT2D eigenvalue weighted by atomic mass is 32.2. The molecule has 2 amide bonds. The Labute approximate surface area is 295 Å². The lowest BCUT2D eigenvalue weighted by molar-refractivity contribution is -0.130. The zero-order chi connectivity index (χ0) is 36.5. The van der Waals surface area contributed by atoms with Gasteiger partial charge in [0.2, 0.25) is 21.8 Å². The van der Waals surface area contributed by atoms with Crippen LogP contribution in [0.3, 0.4) is 0 Å². The molecule has 9 N–H and O–H groups in total. The maximum atomic E-state index is 14.2. The van der Waals surface area contributed by atoms with Crippen LogP contribution >= 0.6 is 0 Å². The van der Waals surface area contributed by atoms with E-state index in [-0.39, 0.29) is 36.5 Å². The molecule has 2 unspecified atom stereocenters. The Morgan fingerprint density at radius 1 is 0.725 bits per heavy atom. The van der Waals surface area contributed by atoms with E-state index >= 15 is 0 Å². The van der Waals surface area contributed by atoms with Gasteiger partial charge in [0.15, 0.2) is 0 Å². The van der Waals surface area contributed by atoms with Crippen LogP contribution in [0, 0.1) is 5.41 Å². The quantitative estimate of drug-likeness (QED) is 0.0630. The Hall–Kier alpha value is -5.89. The van der Waals surface area contributed by atoms with Crippen molar-refractivity contribution in [3.8, 4) is 0 Å². The fourth-order valence-electron chi connectivity index (χ4n) is 5.59. The van der Waals surface area contributed by atoms with Gasteiger partial charge in [-0.2, -0.15) is 4.72 Å². The van der Waals surface area contributed by atoms with Crippen LogP contribution in [0.15, 0.2) is 115 Å². The van der Waals surface area contributed by atoms with Crippen molar-refractivity contribution in [2.24, 2.45) is 11.5 Å². The lowest BCUT2D eigenvalue weighted by Crippen LogP contribution is -2.51. The van der Waals surface area contributed by atoms with Crippen molar-refractivity contribution in [2.75, 3.05) is 0 Å². The molecular weight excluding hydrogens is 669 g/mol. The van der Waals surface area contributed by atoms with Gasteiger partial charge in [-0.15, -0.1) is 0 Å². The third kappa shape index (κ3) is 9.85. The van der Waals surface area contributed by atoms with Gasteiger partial charge in [-0.25, -0.2) is 13.2 Å². The first-order valence-electron chi connectivity index (χ1n) is 16.0. The van der Waals surface area contributed by atoms with Crippen LogP contribution in [0.5, 0.6) is 0 Å². The van der Waals surface area contributed by atoms with Crippen molar-refractivity contribution in [2.45, 2.75) is 37.3 Å². The number of aromatic carboxylic acids is 1. The minimum absolute atomic E-state index is 0.0751. The van der Waals surface area contributed by atoms with Gasteiger partial charge in [-0.05, 0) is 56.8 Å². The molecule has 51 heavy (non-hydrogen) atoms. The number of sulfonamides is 1. The highest BCUT2D eigenvalue weighted by Gasteiger charge is 2.31. The maximum absolute atomic E-state index is 14.2. The van der Waals surface area contributed by atoms with E-state index in [1.807, 2.05) is 36.4 Å². The normalized spacial score (nSPS) is 12.5. The van der Waals surface area contributed by atoms with E-state index in [2.05, 4.69) is 15.4 Å². The smallest absolute Gasteiger partial charge is 0.335 e. The van der Waals surface area contributed by atoms with Crippen molar-refractivity contribution in [3.05, 3.63) is 154 Å². The van der Waals surface area contributed by atoms with Crippen LogP contribution in [-0.4, -0.2) is 43.2 Å². The number of amidine groups is 1. The van der Waals surface area contributed by atoms with E-state index in [0.717, 1.165) is 27.5 Å². The van der Waals surface area contributed by atoms with E-state index in [1.165, 1.54) is 24.3 Å². The molecule has 0 radical (unpaired) electrons. The summed E-state index contributed by atoms with van der Waals surface area (Å²) < 4.78 is 29.7. The number of benzene rings is 5. The van der Waals surface area contributed by atoms with Crippen LogP contribution in [0.4, 0.5) is 0 Å². The molecule has 0 fully saturated rings. The number of amides is 2. The van der Waals surface area contributed by atoms with Crippen molar-refractivity contribution in [1.29, 1.82) is 5.41 Å². The van der Waals surface area contributed by atoms with Crippen molar-refractivity contribution >= 4 is 44.4 Å². The number of carbonyl (C=O) groups is 3. The van der Waals surface area contributed by atoms with Crippen molar-refractivity contribution in [1.82, 2.24) is 15.4 Å². The summed E-state index contributed by atoms with van der Waals surface area (Å²) in [5.41, 5.74) is 14.7. The first kappa shape index (κ1) is 36.4. The van der Waals surface area contributed by atoms with E-state index in [1.54, 1.807) is 54.6 Å². The average Bonchev–Trinajstić information content (AvgIpc) is 3.12. The summed E-state index contributed by atoms with van der Waals surface area (Å²) >= 11 is 0. The monoisotopic (exact) mass is 706 g/mol. The number of nitrogens with two attached hydrogens (primary N) is 2. The van der Waals surface area contributed by atoms with Gasteiger partial charge in [0.25, 0.3) is 0 Å². The minimum Gasteiger partial charge on any atom is -0.478 e. The highest BCUT2D eigenvalue weighted by molar-refractivity contribution is 7.88. The lowest BCUT2D eigenvalue weighted by Gasteiger charge is -2.24. The number of nitrogen functional groups attached to an aromatic ring is 1. The summed E-state index contributed by atoms with van der Waals surface area (Å²) in [4.78, 5) is 39.4. The number of carboxylic acid groups (broad SMARTS) is 1. The molecule has 0 saturated heterocycles. The van der Waals surface area contributed by atoms with Crippen LogP contribution < -0.4 is 26.8 Å². The molecule has 2 atom stereocenters. The lowest BCUT2D eigenvalue weighted by atomic mass is 10.00. The number of nitrogens with one attached hydrogen (secondary N) is 4. The number of carbonyl (C=O) groups excluding carboxylic acids is 2. The Balaban J connectivity index is 1.45. The second-order valence-corrected chi connectivity index (χ2v) is 13.8. The number of hydrogen-bond acceptors (Lipinski definition) is 7. The third-order valence-corrected chi connectivity index (χ3v) is 9.54. The molecule has 0 aliphatic carbocycles. The van der Waals surface area contributed by atoms with Gasteiger partial charge in [-0.1, -0.05) is 97.1 Å². The first-order valence-corrected chi connectivity index (χ1v) is 17.7. The molecule has 5 aromatic carbocycles. The molecule has 12 nitrogen and oxygen atoms in total. The zero-order valence-electron chi connectivity index (χ0n) is 27.5. The Morgan fingerprint density at radius 3 is 2.12 bits per heavy atom.